The minimum absolute atomic E-state index is 0.0178. The lowest BCUT2D eigenvalue weighted by Gasteiger charge is -2.18. The van der Waals surface area contributed by atoms with Crippen molar-refractivity contribution in [3.63, 3.8) is 0 Å². The van der Waals surface area contributed by atoms with Crippen LogP contribution in [0.25, 0.3) is 0 Å². The summed E-state index contributed by atoms with van der Waals surface area (Å²) in [6.07, 6.45) is 1.14. The highest BCUT2D eigenvalue weighted by Gasteiger charge is 2.34. The molecule has 1 unspecified atom stereocenters. The van der Waals surface area contributed by atoms with E-state index in [9.17, 15) is 9.59 Å². The zero-order valence-corrected chi connectivity index (χ0v) is 15.9. The van der Waals surface area contributed by atoms with E-state index >= 15 is 0 Å². The molecule has 0 radical (unpaired) electrons. The molecule has 5 heteroatoms. The molecule has 0 aromatic heterocycles. The Hall–Kier alpha value is -2.82. The SMILES string of the molecule is CC(C)Oc1ccc(N2CC(C(=O)NCCc3ccccc3)CC2=O)cc1. The number of carbonyl (C=O) groups is 2. The molecule has 142 valence electrons. The van der Waals surface area contributed by atoms with E-state index in [2.05, 4.69) is 5.32 Å². The summed E-state index contributed by atoms with van der Waals surface area (Å²) in [5.41, 5.74) is 1.99. The van der Waals surface area contributed by atoms with Crippen LogP contribution in [-0.2, 0) is 16.0 Å². The van der Waals surface area contributed by atoms with Gasteiger partial charge in [0.2, 0.25) is 11.8 Å². The maximum absolute atomic E-state index is 12.4. The van der Waals surface area contributed by atoms with E-state index in [0.29, 0.717) is 13.1 Å². The van der Waals surface area contributed by atoms with E-state index in [0.717, 1.165) is 17.9 Å². The molecule has 1 aliphatic heterocycles. The molecule has 0 bridgehead atoms. The maximum Gasteiger partial charge on any atom is 0.227 e. The first-order valence-corrected chi connectivity index (χ1v) is 9.41. The third-order valence-corrected chi connectivity index (χ3v) is 4.57. The molecule has 2 aromatic rings. The van der Waals surface area contributed by atoms with Crippen LogP contribution >= 0.6 is 0 Å². The van der Waals surface area contributed by atoms with Gasteiger partial charge in [0.25, 0.3) is 0 Å². The van der Waals surface area contributed by atoms with E-state index in [-0.39, 0.29) is 30.3 Å². The van der Waals surface area contributed by atoms with Crippen molar-refractivity contribution in [2.75, 3.05) is 18.0 Å². The standard InChI is InChI=1S/C22H26N2O3/c1-16(2)27-20-10-8-19(9-11-20)24-15-18(14-21(24)25)22(26)23-13-12-17-6-4-3-5-7-17/h3-11,16,18H,12-15H2,1-2H3,(H,23,26). The normalized spacial score (nSPS) is 16.6. The summed E-state index contributed by atoms with van der Waals surface area (Å²) >= 11 is 0. The number of nitrogens with one attached hydrogen (secondary N) is 1. The van der Waals surface area contributed by atoms with Gasteiger partial charge < -0.3 is 15.0 Å². The van der Waals surface area contributed by atoms with Crippen molar-refractivity contribution in [2.45, 2.75) is 32.8 Å². The first-order chi connectivity index (χ1) is 13.0. The minimum atomic E-state index is -0.306. The molecular weight excluding hydrogens is 340 g/mol. The number of ether oxygens (including phenoxy) is 1. The second-order valence-corrected chi connectivity index (χ2v) is 7.09. The topological polar surface area (TPSA) is 58.6 Å². The molecule has 2 aromatic carbocycles. The Morgan fingerprint density at radius 3 is 2.52 bits per heavy atom. The fourth-order valence-corrected chi connectivity index (χ4v) is 3.23. The quantitative estimate of drug-likeness (QED) is 0.819. The van der Waals surface area contributed by atoms with Crippen LogP contribution in [0.15, 0.2) is 54.6 Å². The fourth-order valence-electron chi connectivity index (χ4n) is 3.23. The van der Waals surface area contributed by atoms with E-state index in [1.165, 1.54) is 5.56 Å². The smallest absolute Gasteiger partial charge is 0.227 e. The van der Waals surface area contributed by atoms with Crippen LogP contribution in [-0.4, -0.2) is 31.0 Å². The van der Waals surface area contributed by atoms with Crippen molar-refractivity contribution in [1.82, 2.24) is 5.32 Å². The number of rotatable bonds is 7. The lowest BCUT2D eigenvalue weighted by molar-refractivity contribution is -0.126. The molecule has 3 rings (SSSR count). The summed E-state index contributed by atoms with van der Waals surface area (Å²) in [6, 6.07) is 17.5. The van der Waals surface area contributed by atoms with Crippen LogP contribution in [0.5, 0.6) is 5.75 Å². The Morgan fingerprint density at radius 1 is 1.15 bits per heavy atom. The molecule has 1 atom stereocenters. The Balaban J connectivity index is 1.52. The molecule has 27 heavy (non-hydrogen) atoms. The van der Waals surface area contributed by atoms with Crippen LogP contribution in [0.4, 0.5) is 5.69 Å². The van der Waals surface area contributed by atoms with Crippen molar-refractivity contribution < 1.29 is 14.3 Å². The van der Waals surface area contributed by atoms with Gasteiger partial charge in [0.05, 0.1) is 12.0 Å². The second-order valence-electron chi connectivity index (χ2n) is 7.09. The van der Waals surface area contributed by atoms with Crippen molar-refractivity contribution in [1.29, 1.82) is 0 Å². The van der Waals surface area contributed by atoms with Gasteiger partial charge in [-0.25, -0.2) is 0 Å². The van der Waals surface area contributed by atoms with Gasteiger partial charge >= 0.3 is 0 Å². The Kier molecular flexibility index (Phi) is 6.12. The van der Waals surface area contributed by atoms with Crippen LogP contribution in [0.2, 0.25) is 0 Å². The third kappa shape index (κ3) is 5.09. The van der Waals surface area contributed by atoms with Gasteiger partial charge in [-0.3, -0.25) is 9.59 Å². The minimum Gasteiger partial charge on any atom is -0.491 e. The first-order valence-electron chi connectivity index (χ1n) is 9.41. The van der Waals surface area contributed by atoms with Crippen molar-refractivity contribution >= 4 is 17.5 Å². The van der Waals surface area contributed by atoms with Crippen molar-refractivity contribution in [2.24, 2.45) is 5.92 Å². The van der Waals surface area contributed by atoms with Gasteiger partial charge in [0.15, 0.2) is 0 Å². The molecule has 1 saturated heterocycles. The highest BCUT2D eigenvalue weighted by molar-refractivity contribution is 6.00. The van der Waals surface area contributed by atoms with E-state index < -0.39 is 0 Å². The Morgan fingerprint density at radius 2 is 1.85 bits per heavy atom. The number of anilines is 1. The zero-order chi connectivity index (χ0) is 19.2. The van der Waals surface area contributed by atoms with Crippen LogP contribution < -0.4 is 15.0 Å². The summed E-state index contributed by atoms with van der Waals surface area (Å²) in [6.45, 7) is 4.94. The molecule has 0 aliphatic carbocycles. The Labute approximate surface area is 160 Å². The number of benzene rings is 2. The van der Waals surface area contributed by atoms with E-state index in [1.54, 1.807) is 4.90 Å². The maximum atomic E-state index is 12.4. The van der Waals surface area contributed by atoms with Crippen LogP contribution in [0.1, 0.15) is 25.8 Å². The molecule has 1 heterocycles. The van der Waals surface area contributed by atoms with Crippen molar-refractivity contribution in [3.8, 4) is 5.75 Å². The van der Waals surface area contributed by atoms with Gasteiger partial charge in [0.1, 0.15) is 5.75 Å². The summed E-state index contributed by atoms with van der Waals surface area (Å²) in [4.78, 5) is 26.5. The summed E-state index contributed by atoms with van der Waals surface area (Å²) < 4.78 is 5.63. The van der Waals surface area contributed by atoms with Crippen LogP contribution in [0.3, 0.4) is 0 Å². The summed E-state index contributed by atoms with van der Waals surface area (Å²) in [7, 11) is 0. The highest BCUT2D eigenvalue weighted by atomic mass is 16.5. The third-order valence-electron chi connectivity index (χ3n) is 4.57. The molecule has 1 N–H and O–H groups in total. The molecule has 0 saturated carbocycles. The molecular formula is C22H26N2O3. The average molecular weight is 366 g/mol. The Bertz CT molecular complexity index is 772. The molecule has 1 aliphatic rings. The van der Waals surface area contributed by atoms with Crippen LogP contribution in [0, 0.1) is 5.92 Å². The van der Waals surface area contributed by atoms with Gasteiger partial charge in [-0.05, 0) is 50.1 Å². The number of nitrogens with zero attached hydrogens (tertiary/aromatic N) is 1. The predicted molar refractivity (Wildman–Crippen MR) is 106 cm³/mol. The van der Waals surface area contributed by atoms with Gasteiger partial charge in [-0.2, -0.15) is 0 Å². The summed E-state index contributed by atoms with van der Waals surface area (Å²) in [5.74, 6) is 0.396. The van der Waals surface area contributed by atoms with Crippen molar-refractivity contribution in [3.05, 3.63) is 60.2 Å². The highest BCUT2D eigenvalue weighted by Crippen LogP contribution is 2.27. The van der Waals surface area contributed by atoms with Gasteiger partial charge in [-0.15, -0.1) is 0 Å². The number of hydrogen-bond donors (Lipinski definition) is 1. The number of amides is 2. The second kappa shape index (κ2) is 8.71. The molecule has 0 spiro atoms. The largest absolute Gasteiger partial charge is 0.491 e. The van der Waals surface area contributed by atoms with E-state index in [1.807, 2.05) is 68.4 Å². The number of carbonyl (C=O) groups excluding carboxylic acids is 2. The van der Waals surface area contributed by atoms with Gasteiger partial charge in [-0.1, -0.05) is 30.3 Å². The van der Waals surface area contributed by atoms with Gasteiger partial charge in [0, 0.05) is 25.2 Å². The zero-order valence-electron chi connectivity index (χ0n) is 15.9. The summed E-state index contributed by atoms with van der Waals surface area (Å²) in [5, 5.41) is 2.96. The monoisotopic (exact) mass is 366 g/mol. The molecule has 1 fully saturated rings. The fraction of sp³-hybridized carbons (Fsp3) is 0.364. The molecule has 5 nitrogen and oxygen atoms in total. The molecule has 2 amide bonds. The lowest BCUT2D eigenvalue weighted by Crippen LogP contribution is -2.34. The first kappa shape index (κ1) is 19.0. The predicted octanol–water partition coefficient (Wildman–Crippen LogP) is 3.19. The number of hydrogen-bond acceptors (Lipinski definition) is 3. The average Bonchev–Trinajstić information content (AvgIpc) is 3.04. The van der Waals surface area contributed by atoms with E-state index in [4.69, 9.17) is 4.74 Å². The lowest BCUT2D eigenvalue weighted by atomic mass is 10.1.